The number of nitrogens with one attached hydrogen (secondary N) is 3. The van der Waals surface area contributed by atoms with E-state index in [4.69, 9.17) is 11.6 Å². The van der Waals surface area contributed by atoms with E-state index in [2.05, 4.69) is 25.2 Å². The van der Waals surface area contributed by atoms with Crippen molar-refractivity contribution >= 4 is 43.9 Å². The fourth-order valence-corrected chi connectivity index (χ4v) is 5.31. The fraction of sp³-hybridized carbons (Fsp3) is 0.0741. The maximum absolute atomic E-state index is 13.2. The summed E-state index contributed by atoms with van der Waals surface area (Å²) in [7, 11) is -3.77. The first kappa shape index (κ1) is 23.9. The molecule has 0 spiro atoms. The molecule has 0 aliphatic rings. The number of halogens is 1. The van der Waals surface area contributed by atoms with E-state index in [1.165, 1.54) is 0 Å². The lowest BCUT2D eigenvalue weighted by Gasteiger charge is -2.13. The summed E-state index contributed by atoms with van der Waals surface area (Å²) in [6.45, 7) is 1.93. The molecular weight excluding hydrogens is 494 g/mol. The standard InChI is InChI=1S/C27H22ClN5O2S/c1-18-9-10-19(16-25(18)36(34,35)30-17-22-6-4-5-15-29-22)26-23-7-2-3-8-24(23)27(33-32-26)31-21-13-11-20(28)12-14-21/h2-16,30H,17H2,1H3,(H,31,33)/p+1. The first-order chi connectivity index (χ1) is 17.4. The summed E-state index contributed by atoms with van der Waals surface area (Å²) < 4.78 is 29.0. The highest BCUT2D eigenvalue weighted by Crippen LogP contribution is 2.33. The van der Waals surface area contributed by atoms with Crippen molar-refractivity contribution in [2.24, 2.45) is 0 Å². The van der Waals surface area contributed by atoms with Gasteiger partial charge >= 0.3 is 0 Å². The minimum absolute atomic E-state index is 0.153. The molecule has 0 bridgehead atoms. The van der Waals surface area contributed by atoms with Crippen LogP contribution in [0, 0.1) is 6.92 Å². The lowest BCUT2D eigenvalue weighted by molar-refractivity contribution is -0.390. The minimum atomic E-state index is -3.77. The van der Waals surface area contributed by atoms with Crippen molar-refractivity contribution in [1.29, 1.82) is 0 Å². The summed E-state index contributed by atoms with van der Waals surface area (Å²) in [5, 5.41) is 14.6. The van der Waals surface area contributed by atoms with E-state index in [0.29, 0.717) is 27.7 Å². The van der Waals surface area contributed by atoms with Crippen LogP contribution in [0.3, 0.4) is 0 Å². The molecule has 5 rings (SSSR count). The quantitative estimate of drug-likeness (QED) is 0.306. The molecule has 3 aromatic carbocycles. The summed E-state index contributed by atoms with van der Waals surface area (Å²) >= 11 is 6.00. The average Bonchev–Trinajstić information content (AvgIpc) is 2.90. The molecule has 0 saturated carbocycles. The second-order valence-electron chi connectivity index (χ2n) is 8.27. The summed E-state index contributed by atoms with van der Waals surface area (Å²) in [6.07, 6.45) is 1.75. The van der Waals surface area contributed by atoms with Gasteiger partial charge in [-0.15, -0.1) is 10.2 Å². The summed E-state index contributed by atoms with van der Waals surface area (Å²) in [5.74, 6) is 0.595. The lowest BCUT2D eigenvalue weighted by Crippen LogP contribution is -2.27. The average molecular weight is 517 g/mol. The molecule has 180 valence electrons. The Kier molecular flexibility index (Phi) is 6.65. The molecule has 2 aromatic heterocycles. The smallest absolute Gasteiger partial charge is 0.241 e. The Bertz CT molecular complexity index is 1640. The highest BCUT2D eigenvalue weighted by Gasteiger charge is 2.20. The van der Waals surface area contributed by atoms with Gasteiger partial charge in [0.2, 0.25) is 10.0 Å². The summed E-state index contributed by atoms with van der Waals surface area (Å²) in [6, 6.07) is 25.9. The van der Waals surface area contributed by atoms with Crippen molar-refractivity contribution in [2.45, 2.75) is 18.4 Å². The number of aryl methyl sites for hydroxylation is 1. The van der Waals surface area contributed by atoms with Crippen LogP contribution >= 0.6 is 11.6 Å². The van der Waals surface area contributed by atoms with E-state index in [1.807, 2.05) is 60.7 Å². The van der Waals surface area contributed by atoms with E-state index in [0.717, 1.165) is 22.2 Å². The van der Waals surface area contributed by atoms with Gasteiger partial charge in [0.15, 0.2) is 17.7 Å². The molecule has 36 heavy (non-hydrogen) atoms. The zero-order valence-corrected chi connectivity index (χ0v) is 20.9. The predicted molar refractivity (Wildman–Crippen MR) is 141 cm³/mol. The van der Waals surface area contributed by atoms with E-state index < -0.39 is 10.0 Å². The zero-order chi connectivity index (χ0) is 25.1. The Balaban J connectivity index is 1.51. The first-order valence-corrected chi connectivity index (χ1v) is 13.1. The summed E-state index contributed by atoms with van der Waals surface area (Å²) in [4.78, 5) is 3.23. The number of hydrogen-bond acceptors (Lipinski definition) is 5. The molecule has 0 radical (unpaired) electrons. The van der Waals surface area contributed by atoms with E-state index in [9.17, 15) is 8.42 Å². The van der Waals surface area contributed by atoms with Gasteiger partial charge in [-0.25, -0.2) is 18.1 Å². The van der Waals surface area contributed by atoms with Gasteiger partial charge in [0, 0.05) is 39.2 Å². The second-order valence-corrected chi connectivity index (χ2v) is 10.4. The molecule has 7 nitrogen and oxygen atoms in total. The fourth-order valence-electron chi connectivity index (χ4n) is 3.91. The maximum Gasteiger partial charge on any atom is 0.241 e. The Morgan fingerprint density at radius 1 is 0.889 bits per heavy atom. The molecule has 0 aliphatic heterocycles. The lowest BCUT2D eigenvalue weighted by atomic mass is 10.0. The maximum atomic E-state index is 13.2. The third-order valence-corrected chi connectivity index (χ3v) is 7.57. The van der Waals surface area contributed by atoms with E-state index in [-0.39, 0.29) is 11.4 Å². The molecule has 5 aromatic rings. The number of fused-ring (bicyclic) bond motifs is 1. The second kappa shape index (κ2) is 10.0. The Morgan fingerprint density at radius 2 is 1.64 bits per heavy atom. The SMILES string of the molecule is Cc1ccc(-c2nnc(Nc3ccc(Cl)cc3)c3ccccc23)cc1S(=O)(=O)NCc1cccc[nH+]1. The van der Waals surface area contributed by atoms with Crippen LogP contribution in [0.5, 0.6) is 0 Å². The number of hydrogen-bond donors (Lipinski definition) is 2. The van der Waals surface area contributed by atoms with Crippen LogP contribution in [0.2, 0.25) is 5.02 Å². The van der Waals surface area contributed by atoms with E-state index >= 15 is 0 Å². The topological polar surface area (TPSA) is 98.1 Å². The number of aromatic amines is 1. The predicted octanol–water partition coefficient (Wildman–Crippen LogP) is 5.29. The third-order valence-electron chi connectivity index (χ3n) is 5.77. The molecule has 0 amide bonds. The molecule has 2 heterocycles. The van der Waals surface area contributed by atoms with Crippen molar-refractivity contribution in [3.05, 3.63) is 107 Å². The number of H-pyrrole nitrogens is 1. The van der Waals surface area contributed by atoms with Gasteiger partial charge in [0.25, 0.3) is 0 Å². The monoisotopic (exact) mass is 516 g/mol. The van der Waals surface area contributed by atoms with Crippen molar-refractivity contribution < 1.29 is 13.4 Å². The van der Waals surface area contributed by atoms with Crippen molar-refractivity contribution in [1.82, 2.24) is 14.9 Å². The number of rotatable bonds is 7. The van der Waals surface area contributed by atoms with Crippen LogP contribution in [0.4, 0.5) is 11.5 Å². The number of nitrogens with zero attached hydrogens (tertiary/aromatic N) is 2. The van der Waals surface area contributed by atoms with Crippen molar-refractivity contribution in [3.8, 4) is 11.3 Å². The van der Waals surface area contributed by atoms with Gasteiger partial charge in [-0.2, -0.15) is 0 Å². The molecule has 0 fully saturated rings. The van der Waals surface area contributed by atoms with Crippen molar-refractivity contribution in [2.75, 3.05) is 5.32 Å². The van der Waals surface area contributed by atoms with Crippen LogP contribution in [0.1, 0.15) is 11.3 Å². The van der Waals surface area contributed by atoms with Gasteiger partial charge in [0.05, 0.1) is 11.4 Å². The Hall–Kier alpha value is -3.85. The molecule has 0 unspecified atom stereocenters. The third kappa shape index (κ3) is 5.06. The largest absolute Gasteiger partial charge is 0.338 e. The highest BCUT2D eigenvalue weighted by atomic mass is 35.5. The van der Waals surface area contributed by atoms with Crippen LogP contribution in [-0.4, -0.2) is 18.6 Å². The molecular formula is C27H23ClN5O2S+. The normalized spacial score (nSPS) is 11.5. The molecule has 0 atom stereocenters. The van der Waals surface area contributed by atoms with Gasteiger partial charge in [-0.05, 0) is 42.8 Å². The van der Waals surface area contributed by atoms with Gasteiger partial charge < -0.3 is 5.32 Å². The van der Waals surface area contributed by atoms with E-state index in [1.54, 1.807) is 37.4 Å². The van der Waals surface area contributed by atoms with Gasteiger partial charge in [-0.3, -0.25) is 0 Å². The Labute approximate surface area is 214 Å². The molecule has 9 heteroatoms. The highest BCUT2D eigenvalue weighted by molar-refractivity contribution is 7.89. The van der Waals surface area contributed by atoms with Crippen LogP contribution in [-0.2, 0) is 16.6 Å². The molecule has 3 N–H and O–H groups in total. The van der Waals surface area contributed by atoms with Crippen LogP contribution in [0.15, 0.2) is 96.0 Å². The Morgan fingerprint density at radius 3 is 2.39 bits per heavy atom. The number of aromatic nitrogens is 3. The zero-order valence-electron chi connectivity index (χ0n) is 19.4. The minimum Gasteiger partial charge on any atom is -0.338 e. The number of benzene rings is 3. The van der Waals surface area contributed by atoms with Gasteiger partial charge in [-0.1, -0.05) is 54.1 Å². The molecule has 0 aliphatic carbocycles. The number of pyridine rings is 1. The number of anilines is 2. The molecule has 0 saturated heterocycles. The number of sulfonamides is 1. The van der Waals surface area contributed by atoms with Gasteiger partial charge in [0.1, 0.15) is 5.69 Å². The first-order valence-electron chi connectivity index (χ1n) is 11.2. The van der Waals surface area contributed by atoms with Crippen LogP contribution in [0.25, 0.3) is 22.0 Å². The van der Waals surface area contributed by atoms with Crippen LogP contribution < -0.4 is 15.0 Å². The van der Waals surface area contributed by atoms with Crippen molar-refractivity contribution in [3.63, 3.8) is 0 Å². The summed E-state index contributed by atoms with van der Waals surface area (Å²) in [5.41, 5.74) is 3.49.